The largest absolute Gasteiger partial charge is 0.454 e. The van der Waals surface area contributed by atoms with Crippen LogP contribution in [0.2, 0.25) is 0 Å². The molecule has 0 aromatic heterocycles. The summed E-state index contributed by atoms with van der Waals surface area (Å²) in [6, 6.07) is 2.76. The van der Waals surface area contributed by atoms with Crippen molar-refractivity contribution in [1.29, 1.82) is 0 Å². The van der Waals surface area contributed by atoms with Gasteiger partial charge in [-0.05, 0) is 20.3 Å². The summed E-state index contributed by atoms with van der Waals surface area (Å²) in [4.78, 5) is 37.0. The number of nitrogens with two attached hydrogens (primary N) is 1. The molecule has 0 atom stereocenters. The molecule has 9 nitrogen and oxygen atoms in total. The van der Waals surface area contributed by atoms with Crippen molar-refractivity contribution in [2.24, 2.45) is 0 Å². The van der Waals surface area contributed by atoms with E-state index in [2.05, 4.69) is 10.6 Å². The fraction of sp³-hybridized carbons (Fsp3) is 0.438. The molecule has 2 aliphatic rings. The van der Waals surface area contributed by atoms with E-state index in [-0.39, 0.29) is 31.6 Å². The highest BCUT2D eigenvalue weighted by atomic mass is 16.7. The number of nitrogen functional groups attached to an aromatic ring is 1. The minimum atomic E-state index is -0.902. The normalized spacial score (nSPS) is 17.6. The van der Waals surface area contributed by atoms with Crippen LogP contribution in [0.4, 0.5) is 16.2 Å². The predicted molar refractivity (Wildman–Crippen MR) is 89.2 cm³/mol. The molecule has 0 saturated carbocycles. The van der Waals surface area contributed by atoms with Crippen molar-refractivity contribution < 1.29 is 23.9 Å². The van der Waals surface area contributed by atoms with Gasteiger partial charge < -0.3 is 25.8 Å². The Kier molecular flexibility index (Phi) is 4.15. The highest BCUT2D eigenvalue weighted by Crippen LogP contribution is 2.38. The molecule has 0 bridgehead atoms. The lowest BCUT2D eigenvalue weighted by molar-refractivity contribution is -0.130. The van der Waals surface area contributed by atoms with Gasteiger partial charge in [0.05, 0.1) is 11.4 Å². The smallest absolute Gasteiger partial charge is 0.325 e. The van der Waals surface area contributed by atoms with E-state index in [0.717, 1.165) is 4.90 Å². The van der Waals surface area contributed by atoms with Crippen molar-refractivity contribution in [3.05, 3.63) is 12.1 Å². The molecule has 1 aromatic carbocycles. The average Bonchev–Trinajstić information content (AvgIpc) is 3.04. The molecule has 2 heterocycles. The van der Waals surface area contributed by atoms with Crippen molar-refractivity contribution >= 4 is 29.2 Å². The third-order valence-corrected chi connectivity index (χ3v) is 4.05. The van der Waals surface area contributed by atoms with Gasteiger partial charge in [-0.2, -0.15) is 0 Å². The van der Waals surface area contributed by atoms with Crippen LogP contribution in [0.1, 0.15) is 26.7 Å². The van der Waals surface area contributed by atoms with Crippen LogP contribution in [0.5, 0.6) is 11.5 Å². The van der Waals surface area contributed by atoms with Crippen LogP contribution in [0.25, 0.3) is 0 Å². The molecule has 3 rings (SSSR count). The van der Waals surface area contributed by atoms with Gasteiger partial charge >= 0.3 is 6.03 Å². The molecule has 1 aromatic rings. The summed E-state index contributed by atoms with van der Waals surface area (Å²) in [5.74, 6) is 0.498. The second-order valence-electron chi connectivity index (χ2n) is 6.46. The van der Waals surface area contributed by atoms with E-state index in [1.807, 2.05) is 0 Å². The number of ether oxygens (including phenoxy) is 2. The Bertz CT molecular complexity index is 746. The zero-order valence-electron chi connectivity index (χ0n) is 14.0. The number of urea groups is 1. The molecule has 134 valence electrons. The summed E-state index contributed by atoms with van der Waals surface area (Å²) >= 11 is 0. The zero-order chi connectivity index (χ0) is 18.2. The molecule has 0 aliphatic carbocycles. The van der Waals surface area contributed by atoms with E-state index in [1.54, 1.807) is 26.0 Å². The van der Waals surface area contributed by atoms with Gasteiger partial charge in [-0.25, -0.2) is 4.79 Å². The van der Waals surface area contributed by atoms with Gasteiger partial charge in [0.1, 0.15) is 5.54 Å². The predicted octanol–water partition coefficient (Wildman–Crippen LogP) is 1.05. The maximum absolute atomic E-state index is 12.1. The SMILES string of the molecule is CC1(C)NC(=O)N(CCCC(=O)Nc2cc3c(cc2N)OCO3)C1=O. The van der Waals surface area contributed by atoms with Crippen molar-refractivity contribution in [3.8, 4) is 11.5 Å². The van der Waals surface area contributed by atoms with Crippen LogP contribution in [-0.2, 0) is 9.59 Å². The Hall–Kier alpha value is -2.97. The average molecular weight is 348 g/mol. The molecule has 0 unspecified atom stereocenters. The lowest BCUT2D eigenvalue weighted by Crippen LogP contribution is -2.40. The Balaban J connectivity index is 1.52. The van der Waals surface area contributed by atoms with Crippen LogP contribution >= 0.6 is 0 Å². The molecule has 1 saturated heterocycles. The standard InChI is InChI=1S/C16H20N4O5/c1-16(2)14(22)20(15(23)19-16)5-3-4-13(21)18-10-7-12-11(6-9(10)17)24-8-25-12/h6-7H,3-5,8,17H2,1-2H3,(H,18,21)(H,19,23). The lowest BCUT2D eigenvalue weighted by atomic mass is 10.1. The highest BCUT2D eigenvalue weighted by Gasteiger charge is 2.43. The summed E-state index contributed by atoms with van der Waals surface area (Å²) in [5, 5.41) is 5.30. The zero-order valence-corrected chi connectivity index (χ0v) is 14.0. The quantitative estimate of drug-likeness (QED) is 0.540. The van der Waals surface area contributed by atoms with Gasteiger partial charge in [-0.1, -0.05) is 0 Å². The highest BCUT2D eigenvalue weighted by molar-refractivity contribution is 6.06. The topological polar surface area (TPSA) is 123 Å². The van der Waals surface area contributed by atoms with E-state index < -0.39 is 11.6 Å². The van der Waals surface area contributed by atoms with Gasteiger partial charge in [-0.15, -0.1) is 0 Å². The van der Waals surface area contributed by atoms with E-state index >= 15 is 0 Å². The van der Waals surface area contributed by atoms with Gasteiger partial charge in [0.2, 0.25) is 12.7 Å². The van der Waals surface area contributed by atoms with Gasteiger partial charge in [0.15, 0.2) is 11.5 Å². The first-order chi connectivity index (χ1) is 11.8. The van der Waals surface area contributed by atoms with Gasteiger partial charge in [-0.3, -0.25) is 14.5 Å². The van der Waals surface area contributed by atoms with Crippen molar-refractivity contribution in [3.63, 3.8) is 0 Å². The molecule has 4 N–H and O–H groups in total. The summed E-state index contributed by atoms with van der Waals surface area (Å²) < 4.78 is 10.5. The number of imide groups is 1. The fourth-order valence-corrected chi connectivity index (χ4v) is 2.70. The van der Waals surface area contributed by atoms with Crippen LogP contribution in [0.15, 0.2) is 12.1 Å². The lowest BCUT2D eigenvalue weighted by Gasteiger charge is -2.15. The molecule has 9 heteroatoms. The van der Waals surface area contributed by atoms with Crippen LogP contribution in [0, 0.1) is 0 Å². The molecular formula is C16H20N4O5. The molecule has 0 radical (unpaired) electrons. The monoisotopic (exact) mass is 348 g/mol. The van der Waals surface area contributed by atoms with Crippen LogP contribution in [-0.4, -0.2) is 41.6 Å². The van der Waals surface area contributed by atoms with E-state index in [0.29, 0.717) is 29.3 Å². The number of hydrogen-bond donors (Lipinski definition) is 3. The van der Waals surface area contributed by atoms with Gasteiger partial charge in [0, 0.05) is 25.1 Å². The minimum absolute atomic E-state index is 0.119. The number of anilines is 2. The molecule has 0 spiro atoms. The van der Waals surface area contributed by atoms with Gasteiger partial charge in [0.25, 0.3) is 5.91 Å². The molecule has 4 amide bonds. The van der Waals surface area contributed by atoms with E-state index in [1.165, 1.54) is 0 Å². The van der Waals surface area contributed by atoms with E-state index in [9.17, 15) is 14.4 Å². The fourth-order valence-electron chi connectivity index (χ4n) is 2.70. The number of carbonyl (C=O) groups excluding carboxylic acids is 3. The number of carbonyl (C=O) groups is 3. The maximum atomic E-state index is 12.1. The summed E-state index contributed by atoms with van der Waals surface area (Å²) in [6.07, 6.45) is 0.497. The Morgan fingerprint density at radius 3 is 2.64 bits per heavy atom. The minimum Gasteiger partial charge on any atom is -0.454 e. The Labute approximate surface area is 144 Å². The molecular weight excluding hydrogens is 328 g/mol. The molecule has 25 heavy (non-hydrogen) atoms. The number of fused-ring (bicyclic) bond motifs is 1. The van der Waals surface area contributed by atoms with Crippen molar-refractivity contribution in [2.75, 3.05) is 24.4 Å². The first-order valence-corrected chi connectivity index (χ1v) is 7.91. The number of hydrogen-bond acceptors (Lipinski definition) is 6. The van der Waals surface area contributed by atoms with Crippen molar-refractivity contribution in [2.45, 2.75) is 32.2 Å². The van der Waals surface area contributed by atoms with Crippen LogP contribution < -0.4 is 25.8 Å². The van der Waals surface area contributed by atoms with Crippen molar-refractivity contribution in [1.82, 2.24) is 10.2 Å². The summed E-state index contributed by atoms with van der Waals surface area (Å²) in [6.45, 7) is 3.58. The molecule has 1 fully saturated rings. The number of nitrogens with zero attached hydrogens (tertiary/aromatic N) is 1. The number of rotatable bonds is 5. The summed E-state index contributed by atoms with van der Waals surface area (Å²) in [5.41, 5.74) is 5.78. The number of nitrogens with one attached hydrogen (secondary N) is 2. The maximum Gasteiger partial charge on any atom is 0.325 e. The first kappa shape index (κ1) is 16.9. The number of benzene rings is 1. The Morgan fingerprint density at radius 1 is 1.32 bits per heavy atom. The third-order valence-electron chi connectivity index (χ3n) is 4.05. The number of amides is 4. The van der Waals surface area contributed by atoms with Crippen LogP contribution in [0.3, 0.4) is 0 Å². The first-order valence-electron chi connectivity index (χ1n) is 7.91. The third kappa shape index (κ3) is 3.30. The second-order valence-corrected chi connectivity index (χ2v) is 6.46. The molecule has 2 aliphatic heterocycles. The second kappa shape index (κ2) is 6.15. The van der Waals surface area contributed by atoms with E-state index in [4.69, 9.17) is 15.2 Å². The summed E-state index contributed by atoms with van der Waals surface area (Å²) in [7, 11) is 0. The Morgan fingerprint density at radius 2 is 2.00 bits per heavy atom.